The summed E-state index contributed by atoms with van der Waals surface area (Å²) in [5.41, 5.74) is 3.24. The molecule has 12 nitrogen and oxygen atoms in total. The number of fused-ring (bicyclic) bond motifs is 6. The van der Waals surface area contributed by atoms with Gasteiger partial charge < -0.3 is 19.5 Å². The van der Waals surface area contributed by atoms with Crippen LogP contribution in [0.4, 0.5) is 31.4 Å². The number of benzene rings is 3. The largest absolute Gasteiger partial charge is 0.453 e. The van der Waals surface area contributed by atoms with Crippen LogP contribution in [0.25, 0.3) is 0 Å². The smallest absolute Gasteiger partial charge is 0.416 e. The molecule has 2 unspecified atom stereocenters. The molecule has 4 aliphatic heterocycles. The predicted octanol–water partition coefficient (Wildman–Crippen LogP) is 6.10. The molecular weight excluding hydrogens is 576 g/mol. The molecule has 0 bridgehead atoms. The molecule has 2 fully saturated rings. The number of nitrogens with one attached hydrogen (secondary N) is 1. The van der Waals surface area contributed by atoms with E-state index in [2.05, 4.69) is 12.2 Å². The highest BCUT2D eigenvalue weighted by Gasteiger charge is 2.62. The van der Waals surface area contributed by atoms with Gasteiger partial charge in [-0.1, -0.05) is 67.6 Å². The number of likely N-dealkylation sites (tertiary alicyclic amines) is 2. The molecule has 0 aliphatic carbocycles. The number of carbonyl (C=O) groups excluding carboxylic acids is 3. The SMILES string of the molecule is COC(=O)N1CC[C@]2(/N=N/c3cccc4c3NC3N(C(=O)OC)CC[C@]43C)c3ccccc3N(C(=O)OCc3ccccc3)C12. The van der Waals surface area contributed by atoms with Crippen molar-refractivity contribution in [2.75, 3.05) is 37.5 Å². The van der Waals surface area contributed by atoms with Crippen LogP contribution in [0.5, 0.6) is 0 Å². The Labute approximate surface area is 260 Å². The zero-order valence-electron chi connectivity index (χ0n) is 25.3. The molecule has 12 heteroatoms. The van der Waals surface area contributed by atoms with Gasteiger partial charge in [0.1, 0.15) is 30.2 Å². The van der Waals surface area contributed by atoms with E-state index in [1.807, 2.05) is 72.8 Å². The molecule has 0 radical (unpaired) electrons. The molecule has 7 rings (SSSR count). The number of anilines is 2. The Morgan fingerprint density at radius 2 is 1.53 bits per heavy atom. The van der Waals surface area contributed by atoms with Crippen molar-refractivity contribution in [2.24, 2.45) is 10.2 Å². The standard InChI is InChI=1S/C33H34N6O6/c1-32-16-18-37(29(40)43-2)27(32)34-26-23(32)13-9-14-24(26)35-36-33-17-19-38(30(41)44-3)28(33)39(25-15-8-7-12-22(25)33)31(42)45-20-21-10-5-4-6-11-21/h4-15,27-28,34H,16-20H2,1-3H3/b36-35+/t27?,28?,32-,33+/m1/s1. The zero-order valence-corrected chi connectivity index (χ0v) is 25.3. The summed E-state index contributed by atoms with van der Waals surface area (Å²) < 4.78 is 16.0. The van der Waals surface area contributed by atoms with Crippen molar-refractivity contribution in [3.05, 3.63) is 89.5 Å². The monoisotopic (exact) mass is 610 g/mol. The maximum Gasteiger partial charge on any atom is 0.416 e. The molecule has 1 N–H and O–H groups in total. The minimum Gasteiger partial charge on any atom is -0.453 e. The summed E-state index contributed by atoms with van der Waals surface area (Å²) in [7, 11) is 2.70. The van der Waals surface area contributed by atoms with Crippen LogP contribution in [0.3, 0.4) is 0 Å². The Kier molecular flexibility index (Phi) is 6.87. The summed E-state index contributed by atoms with van der Waals surface area (Å²) in [5.74, 6) is 0. The van der Waals surface area contributed by atoms with Gasteiger partial charge >= 0.3 is 18.3 Å². The number of methoxy groups -OCH3 is 2. The van der Waals surface area contributed by atoms with Crippen molar-refractivity contribution in [3.63, 3.8) is 0 Å². The molecule has 0 aromatic heterocycles. The van der Waals surface area contributed by atoms with Crippen molar-refractivity contribution in [2.45, 2.75) is 49.7 Å². The normalized spacial score (nSPS) is 25.8. The number of para-hydroxylation sites is 2. The summed E-state index contributed by atoms with van der Waals surface area (Å²) in [6, 6.07) is 22.7. The van der Waals surface area contributed by atoms with Crippen LogP contribution in [0.2, 0.25) is 0 Å². The van der Waals surface area contributed by atoms with E-state index in [4.69, 9.17) is 24.4 Å². The molecule has 2 saturated heterocycles. The van der Waals surface area contributed by atoms with E-state index in [1.54, 1.807) is 4.90 Å². The van der Waals surface area contributed by atoms with Crippen LogP contribution in [-0.2, 0) is 31.8 Å². The van der Waals surface area contributed by atoms with Gasteiger partial charge in [-0.3, -0.25) is 14.7 Å². The highest BCUT2D eigenvalue weighted by molar-refractivity contribution is 5.94. The van der Waals surface area contributed by atoms with Crippen molar-refractivity contribution < 1.29 is 28.6 Å². The Bertz CT molecular complexity index is 1700. The highest BCUT2D eigenvalue weighted by atomic mass is 16.6. The molecule has 0 spiro atoms. The number of hydrogen-bond donors (Lipinski definition) is 1. The van der Waals surface area contributed by atoms with Gasteiger partial charge in [-0.25, -0.2) is 14.4 Å². The topological polar surface area (TPSA) is 125 Å². The number of azo groups is 1. The molecule has 232 valence electrons. The van der Waals surface area contributed by atoms with E-state index < -0.39 is 23.9 Å². The Balaban J connectivity index is 1.27. The average Bonchev–Trinajstić information content (AvgIpc) is 3.77. The van der Waals surface area contributed by atoms with Crippen LogP contribution in [0, 0.1) is 0 Å². The summed E-state index contributed by atoms with van der Waals surface area (Å²) in [5, 5.41) is 13.3. The molecule has 3 aromatic carbocycles. The second kappa shape index (κ2) is 10.8. The van der Waals surface area contributed by atoms with E-state index in [0.29, 0.717) is 30.9 Å². The van der Waals surface area contributed by atoms with Gasteiger partial charge in [-0.15, -0.1) is 0 Å². The molecule has 4 aliphatic rings. The fraction of sp³-hybridized carbons (Fsp3) is 0.364. The molecular formula is C33H34N6O6. The van der Waals surface area contributed by atoms with Crippen LogP contribution < -0.4 is 10.2 Å². The maximum atomic E-state index is 13.8. The lowest BCUT2D eigenvalue weighted by Crippen LogP contribution is -2.53. The summed E-state index contributed by atoms with van der Waals surface area (Å²) in [6.07, 6.45) is -1.53. The van der Waals surface area contributed by atoms with Gasteiger partial charge in [-0.2, -0.15) is 10.2 Å². The minimum absolute atomic E-state index is 0.0716. The van der Waals surface area contributed by atoms with Gasteiger partial charge in [0.15, 0.2) is 0 Å². The molecule has 45 heavy (non-hydrogen) atoms. The number of hydrogen-bond acceptors (Lipinski definition) is 9. The summed E-state index contributed by atoms with van der Waals surface area (Å²) >= 11 is 0. The first-order valence-electron chi connectivity index (χ1n) is 14.9. The number of nitrogens with zero attached hydrogens (tertiary/aromatic N) is 5. The molecule has 4 atom stereocenters. The maximum absolute atomic E-state index is 13.8. The lowest BCUT2D eigenvalue weighted by molar-refractivity contribution is 0.104. The van der Waals surface area contributed by atoms with Crippen LogP contribution in [0.15, 0.2) is 83.0 Å². The number of carbonyl (C=O) groups is 3. The molecule has 3 aromatic rings. The van der Waals surface area contributed by atoms with Crippen LogP contribution in [0.1, 0.15) is 36.5 Å². The highest BCUT2D eigenvalue weighted by Crippen LogP contribution is 2.55. The lowest BCUT2D eigenvalue weighted by Gasteiger charge is -2.33. The fourth-order valence-electron chi connectivity index (χ4n) is 7.39. The predicted molar refractivity (Wildman–Crippen MR) is 164 cm³/mol. The van der Waals surface area contributed by atoms with E-state index in [-0.39, 0.29) is 24.3 Å². The van der Waals surface area contributed by atoms with E-state index in [0.717, 1.165) is 28.8 Å². The first kappa shape index (κ1) is 28.6. The van der Waals surface area contributed by atoms with Crippen LogP contribution in [-0.4, -0.2) is 67.7 Å². The van der Waals surface area contributed by atoms with Gasteiger partial charge in [0, 0.05) is 30.5 Å². The number of rotatable bonds is 4. The van der Waals surface area contributed by atoms with E-state index in [1.165, 1.54) is 24.0 Å². The summed E-state index contributed by atoms with van der Waals surface area (Å²) in [6.45, 7) is 3.08. The average molecular weight is 611 g/mol. The first-order valence-corrected chi connectivity index (χ1v) is 14.9. The fourth-order valence-corrected chi connectivity index (χ4v) is 7.39. The van der Waals surface area contributed by atoms with E-state index >= 15 is 0 Å². The van der Waals surface area contributed by atoms with Crippen molar-refractivity contribution >= 4 is 35.3 Å². The number of amides is 3. The van der Waals surface area contributed by atoms with E-state index in [9.17, 15) is 14.4 Å². The van der Waals surface area contributed by atoms with Crippen molar-refractivity contribution in [3.8, 4) is 0 Å². The first-order chi connectivity index (χ1) is 21.8. The molecule has 0 saturated carbocycles. The Hall–Kier alpha value is -5.13. The van der Waals surface area contributed by atoms with Gasteiger partial charge in [0.2, 0.25) is 0 Å². The Morgan fingerprint density at radius 1 is 0.844 bits per heavy atom. The van der Waals surface area contributed by atoms with Gasteiger partial charge in [0.05, 0.1) is 25.6 Å². The summed E-state index contributed by atoms with van der Waals surface area (Å²) in [4.78, 5) is 44.1. The second-order valence-corrected chi connectivity index (χ2v) is 11.9. The van der Waals surface area contributed by atoms with Gasteiger partial charge in [-0.05, 0) is 29.7 Å². The third-order valence-corrected chi connectivity index (χ3v) is 9.61. The number of ether oxygens (including phenoxy) is 3. The quantitative estimate of drug-likeness (QED) is 0.279. The van der Waals surface area contributed by atoms with Crippen molar-refractivity contribution in [1.29, 1.82) is 0 Å². The molecule has 4 heterocycles. The second-order valence-electron chi connectivity index (χ2n) is 11.9. The third-order valence-electron chi connectivity index (χ3n) is 9.61. The Morgan fingerprint density at radius 3 is 2.31 bits per heavy atom. The van der Waals surface area contributed by atoms with Gasteiger partial charge in [0.25, 0.3) is 0 Å². The minimum atomic E-state index is -1.07. The van der Waals surface area contributed by atoms with Crippen LogP contribution >= 0.6 is 0 Å². The lowest BCUT2D eigenvalue weighted by atomic mass is 9.81. The molecule has 3 amide bonds. The third kappa shape index (κ3) is 4.30. The zero-order chi connectivity index (χ0) is 31.3. The van der Waals surface area contributed by atoms with Crippen molar-refractivity contribution in [1.82, 2.24) is 9.80 Å².